The van der Waals surface area contributed by atoms with Crippen LogP contribution in [0.2, 0.25) is 0 Å². The van der Waals surface area contributed by atoms with Crippen molar-refractivity contribution in [3.63, 3.8) is 0 Å². The standard InChI is InChI=1S/C23H22N4O4/c1-30-15-9-10-16(19(12-15)31-2)21-20-17(7-4-8-18(20)29)24-23-25-22(26-27(21)23)13-5-3-6-14(28)11-13/h3,5-6,9-12,21,28H,4,7-8H2,1-2H3,(H,24,25,26). The maximum atomic E-state index is 13.0. The first-order valence-electron chi connectivity index (χ1n) is 10.1. The molecule has 1 aromatic heterocycles. The molecule has 2 aliphatic rings. The summed E-state index contributed by atoms with van der Waals surface area (Å²) in [6, 6.07) is 11.9. The number of aromatic hydroxyl groups is 1. The van der Waals surface area contributed by atoms with Gasteiger partial charge in [-0.25, -0.2) is 4.68 Å². The lowest BCUT2D eigenvalue weighted by Crippen LogP contribution is -2.31. The van der Waals surface area contributed by atoms with Gasteiger partial charge in [0.25, 0.3) is 0 Å². The summed E-state index contributed by atoms with van der Waals surface area (Å²) in [6.45, 7) is 0. The number of methoxy groups -OCH3 is 2. The molecule has 2 heterocycles. The van der Waals surface area contributed by atoms with Crippen molar-refractivity contribution >= 4 is 11.7 Å². The Bertz CT molecular complexity index is 1210. The Morgan fingerprint density at radius 2 is 2.00 bits per heavy atom. The molecule has 0 radical (unpaired) electrons. The highest BCUT2D eigenvalue weighted by Gasteiger charge is 2.38. The van der Waals surface area contributed by atoms with E-state index in [0.717, 1.165) is 24.1 Å². The van der Waals surface area contributed by atoms with Crippen molar-refractivity contribution < 1.29 is 19.4 Å². The van der Waals surface area contributed by atoms with Gasteiger partial charge in [0.15, 0.2) is 11.6 Å². The average Bonchev–Trinajstić information content (AvgIpc) is 3.21. The number of nitrogens with one attached hydrogen (secondary N) is 1. The molecule has 1 unspecified atom stereocenters. The summed E-state index contributed by atoms with van der Waals surface area (Å²) in [5.74, 6) is 2.52. The van der Waals surface area contributed by atoms with Gasteiger partial charge in [-0.3, -0.25) is 4.79 Å². The fourth-order valence-electron chi connectivity index (χ4n) is 4.26. The maximum absolute atomic E-state index is 13.0. The van der Waals surface area contributed by atoms with Crippen LogP contribution >= 0.6 is 0 Å². The number of benzene rings is 2. The van der Waals surface area contributed by atoms with Crippen LogP contribution in [-0.4, -0.2) is 39.9 Å². The van der Waals surface area contributed by atoms with Gasteiger partial charge in [-0.2, -0.15) is 4.98 Å². The first kappa shape index (κ1) is 19.2. The number of Topliss-reactive ketones (excluding diaryl/α,β-unsaturated/α-hetero) is 1. The Hall–Kier alpha value is -3.81. The minimum absolute atomic E-state index is 0.0941. The lowest BCUT2D eigenvalue weighted by atomic mass is 9.85. The Labute approximate surface area is 179 Å². The lowest BCUT2D eigenvalue weighted by molar-refractivity contribution is -0.116. The van der Waals surface area contributed by atoms with Gasteiger partial charge in [0.2, 0.25) is 5.95 Å². The number of aromatic nitrogens is 3. The van der Waals surface area contributed by atoms with Crippen molar-refractivity contribution in [1.82, 2.24) is 14.8 Å². The van der Waals surface area contributed by atoms with Gasteiger partial charge in [-0.15, -0.1) is 5.10 Å². The molecule has 0 fully saturated rings. The van der Waals surface area contributed by atoms with Gasteiger partial charge in [0, 0.05) is 34.9 Å². The summed E-state index contributed by atoms with van der Waals surface area (Å²) in [6.07, 6.45) is 2.06. The molecular formula is C23H22N4O4. The zero-order chi connectivity index (χ0) is 21.5. The number of phenols is 1. The lowest BCUT2D eigenvalue weighted by Gasteiger charge is -2.32. The van der Waals surface area contributed by atoms with E-state index in [1.165, 1.54) is 0 Å². The van der Waals surface area contributed by atoms with E-state index in [2.05, 4.69) is 10.3 Å². The molecule has 8 heteroatoms. The van der Waals surface area contributed by atoms with Crippen LogP contribution in [0.1, 0.15) is 30.9 Å². The number of carbonyl (C=O) groups excluding carboxylic acids is 1. The Morgan fingerprint density at radius 3 is 2.77 bits per heavy atom. The van der Waals surface area contributed by atoms with Gasteiger partial charge in [-0.05, 0) is 37.1 Å². The number of carbonyl (C=O) groups is 1. The van der Waals surface area contributed by atoms with E-state index < -0.39 is 6.04 Å². The van der Waals surface area contributed by atoms with Crippen LogP contribution in [0.4, 0.5) is 5.95 Å². The molecule has 0 saturated carbocycles. The second kappa shape index (κ2) is 7.46. The van der Waals surface area contributed by atoms with Crippen LogP contribution in [0.25, 0.3) is 11.4 Å². The molecule has 31 heavy (non-hydrogen) atoms. The summed E-state index contributed by atoms with van der Waals surface area (Å²) in [5, 5.41) is 17.9. The summed E-state index contributed by atoms with van der Waals surface area (Å²) >= 11 is 0. The normalized spacial score (nSPS) is 17.6. The van der Waals surface area contributed by atoms with E-state index in [-0.39, 0.29) is 11.5 Å². The van der Waals surface area contributed by atoms with Crippen LogP contribution < -0.4 is 14.8 Å². The number of hydrogen-bond donors (Lipinski definition) is 2. The molecule has 1 atom stereocenters. The molecule has 5 rings (SSSR count). The monoisotopic (exact) mass is 418 g/mol. The topological polar surface area (TPSA) is 98.5 Å². The fraction of sp³-hybridized carbons (Fsp3) is 0.261. The number of rotatable bonds is 4. The number of allylic oxidation sites excluding steroid dienone is 2. The predicted molar refractivity (Wildman–Crippen MR) is 114 cm³/mol. The largest absolute Gasteiger partial charge is 0.508 e. The third kappa shape index (κ3) is 3.20. The molecule has 0 bridgehead atoms. The Morgan fingerprint density at radius 1 is 1.13 bits per heavy atom. The van der Waals surface area contributed by atoms with Crippen LogP contribution in [0.5, 0.6) is 17.2 Å². The third-order valence-corrected chi connectivity index (χ3v) is 5.71. The molecule has 2 aromatic carbocycles. The highest BCUT2D eigenvalue weighted by molar-refractivity contribution is 5.99. The van der Waals surface area contributed by atoms with Gasteiger partial charge in [0.05, 0.1) is 14.2 Å². The second-order valence-corrected chi connectivity index (χ2v) is 7.56. The Kier molecular flexibility index (Phi) is 4.62. The second-order valence-electron chi connectivity index (χ2n) is 7.56. The smallest absolute Gasteiger partial charge is 0.226 e. The first-order chi connectivity index (χ1) is 15.1. The van der Waals surface area contributed by atoms with Crippen molar-refractivity contribution in [3.8, 4) is 28.6 Å². The van der Waals surface area contributed by atoms with E-state index in [0.29, 0.717) is 40.8 Å². The fourth-order valence-corrected chi connectivity index (χ4v) is 4.26. The first-order valence-corrected chi connectivity index (χ1v) is 10.1. The van der Waals surface area contributed by atoms with Crippen molar-refractivity contribution in [2.24, 2.45) is 0 Å². The van der Waals surface area contributed by atoms with Gasteiger partial charge in [0.1, 0.15) is 23.3 Å². The zero-order valence-corrected chi connectivity index (χ0v) is 17.3. The zero-order valence-electron chi connectivity index (χ0n) is 17.3. The van der Waals surface area contributed by atoms with Gasteiger partial charge in [-0.1, -0.05) is 12.1 Å². The molecule has 3 aromatic rings. The van der Waals surface area contributed by atoms with E-state index in [9.17, 15) is 9.90 Å². The quantitative estimate of drug-likeness (QED) is 0.667. The number of anilines is 1. The molecule has 8 nitrogen and oxygen atoms in total. The molecule has 1 aliphatic carbocycles. The number of phenolic OH excluding ortho intramolecular Hbond substituents is 1. The third-order valence-electron chi connectivity index (χ3n) is 5.71. The average molecular weight is 418 g/mol. The number of fused-ring (bicyclic) bond motifs is 1. The molecule has 1 aliphatic heterocycles. The maximum Gasteiger partial charge on any atom is 0.226 e. The van der Waals surface area contributed by atoms with E-state index >= 15 is 0 Å². The number of nitrogens with zero attached hydrogens (tertiary/aromatic N) is 3. The number of hydrogen-bond acceptors (Lipinski definition) is 7. The van der Waals surface area contributed by atoms with Crippen molar-refractivity contribution in [2.45, 2.75) is 25.3 Å². The van der Waals surface area contributed by atoms with Gasteiger partial charge < -0.3 is 19.9 Å². The van der Waals surface area contributed by atoms with Crippen molar-refractivity contribution in [2.75, 3.05) is 19.5 Å². The predicted octanol–water partition coefficient (Wildman–Crippen LogP) is 3.69. The molecule has 0 amide bonds. The number of ketones is 1. The van der Waals surface area contributed by atoms with Crippen LogP contribution in [0.3, 0.4) is 0 Å². The summed E-state index contributed by atoms with van der Waals surface area (Å²) in [4.78, 5) is 17.7. The highest BCUT2D eigenvalue weighted by atomic mass is 16.5. The summed E-state index contributed by atoms with van der Waals surface area (Å²) < 4.78 is 12.7. The van der Waals surface area contributed by atoms with Crippen molar-refractivity contribution in [3.05, 3.63) is 59.3 Å². The number of ether oxygens (including phenoxy) is 2. The van der Waals surface area contributed by atoms with Crippen molar-refractivity contribution in [1.29, 1.82) is 0 Å². The molecular weight excluding hydrogens is 396 g/mol. The summed E-state index contributed by atoms with van der Waals surface area (Å²) in [5.41, 5.74) is 3.06. The van der Waals surface area contributed by atoms with Gasteiger partial charge >= 0.3 is 0 Å². The van der Waals surface area contributed by atoms with Crippen LogP contribution in [-0.2, 0) is 4.79 Å². The molecule has 2 N–H and O–H groups in total. The van der Waals surface area contributed by atoms with E-state index in [1.807, 2.05) is 18.2 Å². The molecule has 0 saturated heterocycles. The Balaban J connectivity index is 1.70. The highest BCUT2D eigenvalue weighted by Crippen LogP contribution is 2.44. The molecule has 158 valence electrons. The minimum atomic E-state index is -0.474. The molecule has 0 spiro atoms. The minimum Gasteiger partial charge on any atom is -0.508 e. The van der Waals surface area contributed by atoms with E-state index in [1.54, 1.807) is 43.2 Å². The SMILES string of the molecule is COc1ccc(C2C3=C(CCCC3=O)Nc3nc(-c4cccc(O)c4)nn32)c(OC)c1. The van der Waals surface area contributed by atoms with E-state index in [4.69, 9.17) is 14.6 Å². The summed E-state index contributed by atoms with van der Waals surface area (Å²) in [7, 11) is 3.19. The van der Waals surface area contributed by atoms with Crippen LogP contribution in [0.15, 0.2) is 53.7 Å². The van der Waals surface area contributed by atoms with Crippen LogP contribution in [0, 0.1) is 0 Å².